The Morgan fingerprint density at radius 2 is 2.31 bits per heavy atom. The number of halogens is 1. The lowest BCUT2D eigenvalue weighted by atomic mass is 10.2. The summed E-state index contributed by atoms with van der Waals surface area (Å²) in [5.74, 6) is 0. The van der Waals surface area contributed by atoms with Crippen LogP contribution in [0.25, 0.3) is 0 Å². The lowest BCUT2D eigenvalue weighted by molar-refractivity contribution is 0.327. The van der Waals surface area contributed by atoms with Gasteiger partial charge in [0.25, 0.3) is 0 Å². The van der Waals surface area contributed by atoms with Crippen molar-refractivity contribution in [3.05, 3.63) is 18.0 Å². The predicted octanol–water partition coefficient (Wildman–Crippen LogP) is 1.82. The van der Waals surface area contributed by atoms with Crippen LogP contribution in [-0.2, 0) is 0 Å². The highest BCUT2D eigenvalue weighted by Crippen LogP contribution is 2.20. The average molecular weight is 185 g/mol. The van der Waals surface area contributed by atoms with E-state index in [4.69, 9.17) is 5.73 Å². The number of nitrogens with two attached hydrogens (primary N) is 1. The minimum atomic E-state index is -0.975. The maximum atomic E-state index is 13.3. The van der Waals surface area contributed by atoms with E-state index in [9.17, 15) is 4.39 Å². The second-order valence-corrected chi connectivity index (χ2v) is 3.39. The molecule has 4 heteroatoms. The Morgan fingerprint density at radius 3 is 2.77 bits per heavy atom. The molecule has 13 heavy (non-hydrogen) atoms. The number of hydrogen-bond acceptors (Lipinski definition) is 2. The third-order valence-electron chi connectivity index (χ3n) is 1.93. The predicted molar refractivity (Wildman–Crippen MR) is 50.1 cm³/mol. The summed E-state index contributed by atoms with van der Waals surface area (Å²) in [5, 5.41) is 4.05. The lowest BCUT2D eigenvalue weighted by Crippen LogP contribution is -2.03. The van der Waals surface area contributed by atoms with Crippen molar-refractivity contribution in [2.45, 2.75) is 32.5 Å². The van der Waals surface area contributed by atoms with Crippen molar-refractivity contribution in [2.24, 2.45) is 5.73 Å². The molecule has 1 atom stereocenters. The molecule has 0 aliphatic rings. The number of rotatable bonds is 4. The molecule has 0 fully saturated rings. The summed E-state index contributed by atoms with van der Waals surface area (Å²) < 4.78 is 15.0. The van der Waals surface area contributed by atoms with Crippen molar-refractivity contribution >= 4 is 0 Å². The lowest BCUT2D eigenvalue weighted by Gasteiger charge is -2.04. The topological polar surface area (TPSA) is 43.8 Å². The van der Waals surface area contributed by atoms with Gasteiger partial charge in [-0.2, -0.15) is 5.10 Å². The Labute approximate surface area is 77.7 Å². The standard InChI is InChI=1S/C9H16FN3/c1-7(2)13-6-8(5-12-13)9(10)3-4-11/h5-7,9H,3-4,11H2,1-2H3. The molecule has 0 bridgehead atoms. The molecule has 0 aliphatic carbocycles. The molecular weight excluding hydrogens is 169 g/mol. The quantitative estimate of drug-likeness (QED) is 0.777. The number of aromatic nitrogens is 2. The molecule has 74 valence electrons. The van der Waals surface area contributed by atoms with Crippen molar-refractivity contribution in [1.82, 2.24) is 9.78 Å². The van der Waals surface area contributed by atoms with Crippen molar-refractivity contribution in [3.8, 4) is 0 Å². The van der Waals surface area contributed by atoms with Crippen LogP contribution in [0, 0.1) is 0 Å². The summed E-state index contributed by atoms with van der Waals surface area (Å²) in [5.41, 5.74) is 5.89. The maximum absolute atomic E-state index is 13.3. The van der Waals surface area contributed by atoms with Crippen molar-refractivity contribution in [3.63, 3.8) is 0 Å². The van der Waals surface area contributed by atoms with E-state index >= 15 is 0 Å². The molecule has 0 amide bonds. The van der Waals surface area contributed by atoms with Gasteiger partial charge in [-0.25, -0.2) is 4.39 Å². The minimum absolute atomic E-state index is 0.277. The average Bonchev–Trinajstić information content (AvgIpc) is 2.52. The van der Waals surface area contributed by atoms with Crippen LogP contribution in [0.2, 0.25) is 0 Å². The van der Waals surface area contributed by atoms with Gasteiger partial charge in [0, 0.05) is 17.8 Å². The zero-order chi connectivity index (χ0) is 9.84. The first-order valence-electron chi connectivity index (χ1n) is 4.53. The molecule has 1 rings (SSSR count). The van der Waals surface area contributed by atoms with Gasteiger partial charge in [0.1, 0.15) is 6.17 Å². The molecule has 3 nitrogen and oxygen atoms in total. The normalized spacial score (nSPS) is 13.6. The highest BCUT2D eigenvalue weighted by atomic mass is 19.1. The zero-order valence-corrected chi connectivity index (χ0v) is 8.07. The molecule has 1 aromatic rings. The fourth-order valence-electron chi connectivity index (χ4n) is 1.11. The maximum Gasteiger partial charge on any atom is 0.129 e. The first kappa shape index (κ1) is 10.2. The van der Waals surface area contributed by atoms with Crippen molar-refractivity contribution in [1.29, 1.82) is 0 Å². The summed E-state index contributed by atoms with van der Waals surface area (Å²) in [4.78, 5) is 0. The Kier molecular flexibility index (Phi) is 3.42. The Morgan fingerprint density at radius 1 is 1.62 bits per heavy atom. The van der Waals surface area contributed by atoms with Crippen LogP contribution in [0.5, 0.6) is 0 Å². The summed E-state index contributed by atoms with van der Waals surface area (Å²) in [6.07, 6.45) is 2.70. The van der Waals surface area contributed by atoms with E-state index in [0.29, 0.717) is 18.5 Å². The van der Waals surface area contributed by atoms with Crippen LogP contribution in [0.4, 0.5) is 4.39 Å². The van der Waals surface area contributed by atoms with Gasteiger partial charge >= 0.3 is 0 Å². The van der Waals surface area contributed by atoms with Gasteiger partial charge < -0.3 is 5.73 Å². The van der Waals surface area contributed by atoms with Crippen LogP contribution < -0.4 is 5.73 Å². The van der Waals surface area contributed by atoms with Gasteiger partial charge in [-0.05, 0) is 26.8 Å². The van der Waals surface area contributed by atoms with E-state index in [-0.39, 0.29) is 6.04 Å². The third kappa shape index (κ3) is 2.52. The van der Waals surface area contributed by atoms with Crippen LogP contribution in [-0.4, -0.2) is 16.3 Å². The molecule has 1 aromatic heterocycles. The summed E-state index contributed by atoms with van der Waals surface area (Å²) >= 11 is 0. The van der Waals surface area contributed by atoms with E-state index in [1.54, 1.807) is 17.1 Å². The molecule has 0 saturated heterocycles. The Hall–Kier alpha value is -0.900. The molecular formula is C9H16FN3. The van der Waals surface area contributed by atoms with Crippen molar-refractivity contribution < 1.29 is 4.39 Å². The molecule has 2 N–H and O–H groups in total. The number of hydrogen-bond donors (Lipinski definition) is 1. The molecule has 0 spiro atoms. The van der Waals surface area contributed by atoms with Gasteiger partial charge in [0.15, 0.2) is 0 Å². The van der Waals surface area contributed by atoms with E-state index in [2.05, 4.69) is 5.10 Å². The SMILES string of the molecule is CC(C)n1cc(C(F)CCN)cn1. The first-order valence-corrected chi connectivity index (χ1v) is 4.53. The van der Waals surface area contributed by atoms with Crippen LogP contribution in [0.3, 0.4) is 0 Å². The van der Waals surface area contributed by atoms with Gasteiger partial charge in [-0.1, -0.05) is 0 Å². The van der Waals surface area contributed by atoms with E-state index in [1.165, 1.54) is 0 Å². The van der Waals surface area contributed by atoms with Crippen molar-refractivity contribution in [2.75, 3.05) is 6.54 Å². The number of alkyl halides is 1. The van der Waals surface area contributed by atoms with Gasteiger partial charge in [-0.15, -0.1) is 0 Å². The van der Waals surface area contributed by atoms with Gasteiger partial charge in [0.2, 0.25) is 0 Å². The summed E-state index contributed by atoms with van der Waals surface area (Å²) in [7, 11) is 0. The molecule has 0 aliphatic heterocycles. The minimum Gasteiger partial charge on any atom is -0.330 e. The second kappa shape index (κ2) is 4.37. The van der Waals surface area contributed by atoms with Gasteiger partial charge in [-0.3, -0.25) is 4.68 Å². The molecule has 1 unspecified atom stereocenters. The highest BCUT2D eigenvalue weighted by Gasteiger charge is 2.11. The molecule has 0 aromatic carbocycles. The summed E-state index contributed by atoms with van der Waals surface area (Å²) in [6.45, 7) is 4.38. The van der Waals surface area contributed by atoms with E-state index < -0.39 is 6.17 Å². The van der Waals surface area contributed by atoms with E-state index in [0.717, 1.165) is 0 Å². The van der Waals surface area contributed by atoms with Gasteiger partial charge in [0.05, 0.1) is 6.20 Å². The summed E-state index contributed by atoms with van der Waals surface area (Å²) in [6, 6.07) is 0.277. The Balaban J connectivity index is 2.67. The zero-order valence-electron chi connectivity index (χ0n) is 8.07. The second-order valence-electron chi connectivity index (χ2n) is 3.39. The fraction of sp³-hybridized carbons (Fsp3) is 0.667. The van der Waals surface area contributed by atoms with E-state index in [1.807, 2.05) is 13.8 Å². The number of nitrogens with zero attached hydrogens (tertiary/aromatic N) is 2. The third-order valence-corrected chi connectivity index (χ3v) is 1.93. The molecule has 0 radical (unpaired) electrons. The fourth-order valence-corrected chi connectivity index (χ4v) is 1.11. The van der Waals surface area contributed by atoms with Crippen LogP contribution >= 0.6 is 0 Å². The molecule has 0 saturated carbocycles. The highest BCUT2D eigenvalue weighted by molar-refractivity contribution is 5.08. The molecule has 1 heterocycles. The monoisotopic (exact) mass is 185 g/mol. The Bertz CT molecular complexity index is 257. The largest absolute Gasteiger partial charge is 0.330 e. The van der Waals surface area contributed by atoms with Crippen LogP contribution in [0.1, 0.15) is 38.0 Å². The smallest absolute Gasteiger partial charge is 0.129 e. The first-order chi connectivity index (χ1) is 6.15. The van der Waals surface area contributed by atoms with Crippen LogP contribution in [0.15, 0.2) is 12.4 Å².